The first-order valence-corrected chi connectivity index (χ1v) is 8.62. The van der Waals surface area contributed by atoms with E-state index >= 15 is 0 Å². The first-order valence-electron chi connectivity index (χ1n) is 7.74. The molecule has 0 radical (unpaired) electrons. The van der Waals surface area contributed by atoms with E-state index in [1.807, 2.05) is 27.7 Å². The van der Waals surface area contributed by atoms with E-state index in [1.165, 1.54) is 0 Å². The molecular weight excluding hydrogens is 298 g/mol. The van der Waals surface area contributed by atoms with Crippen molar-refractivity contribution in [2.75, 3.05) is 6.54 Å². The highest BCUT2D eigenvalue weighted by Gasteiger charge is 2.35. The second-order valence-electron chi connectivity index (χ2n) is 7.06. The molecule has 1 fully saturated rings. The molecule has 0 aromatic carbocycles. The Balaban J connectivity index is 1.93. The first-order chi connectivity index (χ1) is 10.3. The van der Waals surface area contributed by atoms with Gasteiger partial charge in [-0.2, -0.15) is 0 Å². The van der Waals surface area contributed by atoms with Crippen molar-refractivity contribution < 1.29 is 9.59 Å². The van der Waals surface area contributed by atoms with E-state index in [4.69, 9.17) is 0 Å². The second-order valence-corrected chi connectivity index (χ2v) is 8.00. The highest BCUT2D eigenvalue weighted by Crippen LogP contribution is 2.25. The van der Waals surface area contributed by atoms with Gasteiger partial charge in [0.05, 0.1) is 17.7 Å². The minimum Gasteiger partial charge on any atom is -0.349 e. The molecular formula is C16H25N3O2S. The van der Waals surface area contributed by atoms with E-state index in [9.17, 15) is 9.59 Å². The number of hydrogen-bond acceptors (Lipinski definition) is 4. The van der Waals surface area contributed by atoms with Gasteiger partial charge in [-0.15, -0.1) is 11.3 Å². The number of amides is 2. The van der Waals surface area contributed by atoms with Crippen LogP contribution in [0.3, 0.4) is 0 Å². The fourth-order valence-electron chi connectivity index (χ4n) is 2.67. The van der Waals surface area contributed by atoms with Gasteiger partial charge in [0.2, 0.25) is 11.8 Å². The second kappa shape index (κ2) is 6.77. The maximum absolute atomic E-state index is 12.4. The molecule has 1 aliphatic rings. The minimum atomic E-state index is -0.317. The maximum Gasteiger partial charge on any atom is 0.243 e. The Bertz CT molecular complexity index is 548. The van der Waals surface area contributed by atoms with Crippen molar-refractivity contribution in [3.8, 4) is 0 Å². The lowest BCUT2D eigenvalue weighted by molar-refractivity contribution is -0.139. The Morgan fingerprint density at radius 2 is 2.18 bits per heavy atom. The summed E-state index contributed by atoms with van der Waals surface area (Å²) >= 11 is 1.54. The van der Waals surface area contributed by atoms with E-state index in [-0.39, 0.29) is 23.3 Å². The Morgan fingerprint density at radius 3 is 2.77 bits per heavy atom. The lowest BCUT2D eigenvalue weighted by atomic mass is 9.91. The van der Waals surface area contributed by atoms with Gasteiger partial charge in [0.15, 0.2) is 0 Å². The van der Waals surface area contributed by atoms with E-state index in [0.29, 0.717) is 19.5 Å². The van der Waals surface area contributed by atoms with Crippen molar-refractivity contribution in [1.29, 1.82) is 0 Å². The Kier molecular flexibility index (Phi) is 5.21. The average Bonchev–Trinajstić information content (AvgIpc) is 3.02. The van der Waals surface area contributed by atoms with Gasteiger partial charge in [0.1, 0.15) is 6.04 Å². The number of aromatic nitrogens is 1. The predicted octanol–water partition coefficient (Wildman–Crippen LogP) is 2.49. The molecule has 0 saturated carbocycles. The van der Waals surface area contributed by atoms with Gasteiger partial charge in [-0.05, 0) is 25.2 Å². The number of nitrogens with one attached hydrogen (secondary N) is 1. The predicted molar refractivity (Wildman–Crippen MR) is 87.5 cm³/mol. The molecule has 1 saturated heterocycles. The van der Waals surface area contributed by atoms with E-state index in [0.717, 1.165) is 23.4 Å². The van der Waals surface area contributed by atoms with Gasteiger partial charge in [-0.25, -0.2) is 4.98 Å². The van der Waals surface area contributed by atoms with E-state index in [1.54, 1.807) is 21.7 Å². The average molecular weight is 323 g/mol. The summed E-state index contributed by atoms with van der Waals surface area (Å²) in [4.78, 5) is 31.8. The van der Waals surface area contributed by atoms with Gasteiger partial charge in [-0.1, -0.05) is 20.8 Å². The molecule has 1 aromatic heterocycles. The number of nitrogens with zero attached hydrogens (tertiary/aromatic N) is 2. The summed E-state index contributed by atoms with van der Waals surface area (Å²) in [6.45, 7) is 9.25. The van der Waals surface area contributed by atoms with Gasteiger partial charge < -0.3 is 10.2 Å². The summed E-state index contributed by atoms with van der Waals surface area (Å²) in [6.07, 6.45) is 2.13. The van der Waals surface area contributed by atoms with Gasteiger partial charge in [0, 0.05) is 17.8 Å². The molecule has 0 bridgehead atoms. The molecule has 6 heteroatoms. The summed E-state index contributed by atoms with van der Waals surface area (Å²) in [6, 6.07) is -0.317. The van der Waals surface area contributed by atoms with Crippen LogP contribution in [-0.2, 0) is 16.1 Å². The van der Waals surface area contributed by atoms with Crippen LogP contribution >= 0.6 is 11.3 Å². The number of hydrogen-bond donors (Lipinski definition) is 1. The highest BCUT2D eigenvalue weighted by atomic mass is 32.1. The summed E-state index contributed by atoms with van der Waals surface area (Å²) in [5, 5.41) is 2.95. The number of aryl methyl sites for hydroxylation is 1. The van der Waals surface area contributed by atoms with Gasteiger partial charge in [-0.3, -0.25) is 9.59 Å². The number of thiazole rings is 1. The van der Waals surface area contributed by atoms with Crippen molar-refractivity contribution in [3.63, 3.8) is 0 Å². The third kappa shape index (κ3) is 4.29. The zero-order chi connectivity index (χ0) is 16.3. The lowest BCUT2D eigenvalue weighted by Gasteiger charge is -2.27. The topological polar surface area (TPSA) is 62.3 Å². The molecule has 0 aliphatic carbocycles. The molecule has 122 valence electrons. The van der Waals surface area contributed by atoms with Crippen LogP contribution in [0.2, 0.25) is 0 Å². The molecule has 1 N–H and O–H groups in total. The monoisotopic (exact) mass is 323 g/mol. The van der Waals surface area contributed by atoms with Crippen LogP contribution in [0.15, 0.2) is 5.51 Å². The minimum absolute atomic E-state index is 0.0486. The van der Waals surface area contributed by atoms with Crippen LogP contribution in [0.1, 0.15) is 50.6 Å². The van der Waals surface area contributed by atoms with Crippen LogP contribution in [0.25, 0.3) is 0 Å². The molecule has 0 spiro atoms. The first kappa shape index (κ1) is 16.9. The molecule has 22 heavy (non-hydrogen) atoms. The standard InChI is InChI=1S/C16H25N3O2S/c1-11-13(22-10-18-11)9-17-15(21)12-6-5-7-19(12)14(20)8-16(2,3)4/h10,12H,5-9H2,1-4H3,(H,17,21). The molecule has 2 amide bonds. The Morgan fingerprint density at radius 1 is 1.45 bits per heavy atom. The summed E-state index contributed by atoms with van der Waals surface area (Å²) in [5.74, 6) is 0.0340. The van der Waals surface area contributed by atoms with Crippen molar-refractivity contribution in [1.82, 2.24) is 15.2 Å². The van der Waals surface area contributed by atoms with Gasteiger partial charge >= 0.3 is 0 Å². The van der Waals surface area contributed by atoms with Crippen molar-refractivity contribution in [3.05, 3.63) is 16.1 Å². The third-order valence-corrected chi connectivity index (χ3v) is 4.76. The quantitative estimate of drug-likeness (QED) is 0.926. The number of carbonyl (C=O) groups is 2. The van der Waals surface area contributed by atoms with Crippen molar-refractivity contribution in [2.45, 2.75) is 59.5 Å². The number of likely N-dealkylation sites (tertiary alicyclic amines) is 1. The molecule has 2 heterocycles. The highest BCUT2D eigenvalue weighted by molar-refractivity contribution is 7.09. The van der Waals surface area contributed by atoms with Crippen molar-refractivity contribution >= 4 is 23.2 Å². The molecule has 5 nitrogen and oxygen atoms in total. The maximum atomic E-state index is 12.4. The molecule has 1 aliphatic heterocycles. The third-order valence-electron chi connectivity index (χ3n) is 3.83. The number of carbonyl (C=O) groups excluding carboxylic acids is 2. The smallest absolute Gasteiger partial charge is 0.243 e. The molecule has 1 aromatic rings. The molecule has 2 rings (SSSR count). The molecule has 1 unspecified atom stereocenters. The van der Waals surface area contributed by atoms with Crippen LogP contribution < -0.4 is 5.32 Å². The zero-order valence-electron chi connectivity index (χ0n) is 13.8. The van der Waals surface area contributed by atoms with E-state index < -0.39 is 0 Å². The normalized spacial score (nSPS) is 18.5. The Hall–Kier alpha value is -1.43. The summed E-state index contributed by atoms with van der Waals surface area (Å²) < 4.78 is 0. The summed E-state index contributed by atoms with van der Waals surface area (Å²) in [7, 11) is 0. The Labute approximate surface area is 136 Å². The summed E-state index contributed by atoms with van der Waals surface area (Å²) in [5.41, 5.74) is 2.68. The molecule has 1 atom stereocenters. The SMILES string of the molecule is Cc1ncsc1CNC(=O)C1CCCN1C(=O)CC(C)(C)C. The van der Waals surface area contributed by atoms with Crippen LogP contribution in [-0.4, -0.2) is 34.3 Å². The largest absolute Gasteiger partial charge is 0.349 e. The van der Waals surface area contributed by atoms with E-state index in [2.05, 4.69) is 10.3 Å². The fourth-order valence-corrected chi connectivity index (χ4v) is 3.39. The lowest BCUT2D eigenvalue weighted by Crippen LogP contribution is -2.46. The van der Waals surface area contributed by atoms with Crippen LogP contribution in [0.5, 0.6) is 0 Å². The number of rotatable bonds is 4. The van der Waals surface area contributed by atoms with Crippen LogP contribution in [0.4, 0.5) is 0 Å². The van der Waals surface area contributed by atoms with Crippen molar-refractivity contribution in [2.24, 2.45) is 5.41 Å². The zero-order valence-corrected chi connectivity index (χ0v) is 14.6. The van der Waals surface area contributed by atoms with Crippen LogP contribution in [0, 0.1) is 12.3 Å². The van der Waals surface area contributed by atoms with Gasteiger partial charge in [0.25, 0.3) is 0 Å². The fraction of sp³-hybridized carbons (Fsp3) is 0.688.